The van der Waals surface area contributed by atoms with Gasteiger partial charge in [0.15, 0.2) is 0 Å². The fourth-order valence-corrected chi connectivity index (χ4v) is 1.98. The molecule has 94 valence electrons. The first-order valence-corrected chi connectivity index (χ1v) is 6.35. The average molecular weight is 249 g/mol. The zero-order valence-electron chi connectivity index (χ0n) is 10.5. The van der Waals surface area contributed by atoms with Gasteiger partial charge in [-0.1, -0.05) is 48.5 Å². The van der Waals surface area contributed by atoms with Gasteiger partial charge < -0.3 is 9.73 Å². The van der Waals surface area contributed by atoms with Gasteiger partial charge in [0.25, 0.3) is 0 Å². The second-order valence-corrected chi connectivity index (χ2v) is 4.35. The van der Waals surface area contributed by atoms with Crippen molar-refractivity contribution in [3.8, 4) is 11.3 Å². The van der Waals surface area contributed by atoms with Gasteiger partial charge in [-0.25, -0.2) is 0 Å². The molecule has 0 fully saturated rings. The van der Waals surface area contributed by atoms with Crippen LogP contribution in [-0.4, -0.2) is 0 Å². The summed E-state index contributed by atoms with van der Waals surface area (Å²) in [6, 6.07) is 24.3. The van der Waals surface area contributed by atoms with Gasteiger partial charge in [-0.05, 0) is 24.3 Å². The Morgan fingerprint density at radius 2 is 1.42 bits per heavy atom. The predicted octanol–water partition coefficient (Wildman–Crippen LogP) is 4.56. The quantitative estimate of drug-likeness (QED) is 0.733. The molecule has 0 aliphatic carbocycles. The maximum absolute atomic E-state index is 5.83. The van der Waals surface area contributed by atoms with Gasteiger partial charge in [0.1, 0.15) is 11.5 Å². The van der Waals surface area contributed by atoms with E-state index in [9.17, 15) is 0 Å². The molecule has 2 aromatic carbocycles. The molecule has 0 unspecified atom stereocenters. The Bertz CT molecular complexity index is 629. The van der Waals surface area contributed by atoms with Crippen LogP contribution in [0, 0.1) is 0 Å². The van der Waals surface area contributed by atoms with E-state index >= 15 is 0 Å². The number of furan rings is 1. The predicted molar refractivity (Wildman–Crippen MR) is 77.9 cm³/mol. The van der Waals surface area contributed by atoms with Crippen molar-refractivity contribution < 1.29 is 4.42 Å². The number of anilines is 1. The highest BCUT2D eigenvalue weighted by Gasteiger charge is 2.03. The Kier molecular flexibility index (Phi) is 3.32. The Hall–Kier alpha value is -2.48. The Morgan fingerprint density at radius 1 is 0.737 bits per heavy atom. The number of hydrogen-bond acceptors (Lipinski definition) is 2. The molecule has 0 atom stereocenters. The summed E-state index contributed by atoms with van der Waals surface area (Å²) < 4.78 is 5.83. The maximum atomic E-state index is 5.83. The molecule has 19 heavy (non-hydrogen) atoms. The molecule has 3 rings (SSSR count). The van der Waals surface area contributed by atoms with Crippen LogP contribution in [-0.2, 0) is 6.54 Å². The van der Waals surface area contributed by atoms with E-state index in [1.54, 1.807) is 0 Å². The van der Waals surface area contributed by atoms with E-state index in [4.69, 9.17) is 4.42 Å². The van der Waals surface area contributed by atoms with Gasteiger partial charge in [0.05, 0.1) is 6.54 Å². The number of nitrogens with one attached hydrogen (secondary N) is 1. The average Bonchev–Trinajstić information content (AvgIpc) is 2.96. The standard InChI is InChI=1S/C17H15NO/c1-3-7-14(8-4-1)17-12-11-16(19-17)13-18-15-9-5-2-6-10-15/h1-12,18H,13H2. The molecule has 0 radical (unpaired) electrons. The van der Waals surface area contributed by atoms with Gasteiger partial charge >= 0.3 is 0 Å². The van der Waals surface area contributed by atoms with Crippen molar-refractivity contribution in [3.05, 3.63) is 78.6 Å². The second-order valence-electron chi connectivity index (χ2n) is 4.35. The topological polar surface area (TPSA) is 25.2 Å². The van der Waals surface area contributed by atoms with E-state index in [1.165, 1.54) is 0 Å². The van der Waals surface area contributed by atoms with Crippen molar-refractivity contribution in [2.75, 3.05) is 5.32 Å². The van der Waals surface area contributed by atoms with Crippen LogP contribution in [0.5, 0.6) is 0 Å². The van der Waals surface area contributed by atoms with Crippen LogP contribution in [0.2, 0.25) is 0 Å². The van der Waals surface area contributed by atoms with Crippen molar-refractivity contribution in [1.29, 1.82) is 0 Å². The number of para-hydroxylation sites is 1. The molecule has 1 N–H and O–H groups in total. The molecular formula is C17H15NO. The lowest BCUT2D eigenvalue weighted by Gasteiger charge is -2.03. The summed E-state index contributed by atoms with van der Waals surface area (Å²) in [5, 5.41) is 3.33. The highest BCUT2D eigenvalue weighted by molar-refractivity contribution is 5.57. The van der Waals surface area contributed by atoms with Crippen molar-refractivity contribution >= 4 is 5.69 Å². The third kappa shape index (κ3) is 2.86. The monoisotopic (exact) mass is 249 g/mol. The fraction of sp³-hybridized carbons (Fsp3) is 0.0588. The highest BCUT2D eigenvalue weighted by atomic mass is 16.3. The molecule has 0 aliphatic heterocycles. The van der Waals surface area contributed by atoms with Crippen LogP contribution in [0.1, 0.15) is 5.76 Å². The van der Waals surface area contributed by atoms with Gasteiger partial charge in [-0.2, -0.15) is 0 Å². The molecule has 1 aromatic heterocycles. The van der Waals surface area contributed by atoms with Gasteiger partial charge in [-0.15, -0.1) is 0 Å². The third-order valence-corrected chi connectivity index (χ3v) is 2.96. The van der Waals surface area contributed by atoms with Gasteiger partial charge in [0, 0.05) is 11.3 Å². The first kappa shape index (κ1) is 11.6. The Morgan fingerprint density at radius 3 is 2.16 bits per heavy atom. The normalized spacial score (nSPS) is 10.3. The summed E-state index contributed by atoms with van der Waals surface area (Å²) in [4.78, 5) is 0. The summed E-state index contributed by atoms with van der Waals surface area (Å²) in [5.74, 6) is 1.84. The lowest BCUT2D eigenvalue weighted by Crippen LogP contribution is -1.97. The van der Waals surface area contributed by atoms with Crippen molar-refractivity contribution in [3.63, 3.8) is 0 Å². The molecule has 1 heterocycles. The minimum absolute atomic E-state index is 0.691. The number of rotatable bonds is 4. The summed E-state index contributed by atoms with van der Waals surface area (Å²) in [6.07, 6.45) is 0. The van der Waals surface area contributed by atoms with E-state index in [-0.39, 0.29) is 0 Å². The van der Waals surface area contributed by atoms with Crippen LogP contribution in [0.15, 0.2) is 77.2 Å². The summed E-state index contributed by atoms with van der Waals surface area (Å²) in [6.45, 7) is 0.691. The molecule has 2 nitrogen and oxygen atoms in total. The number of benzene rings is 2. The highest BCUT2D eigenvalue weighted by Crippen LogP contribution is 2.22. The van der Waals surface area contributed by atoms with Crippen LogP contribution in [0.25, 0.3) is 11.3 Å². The Labute approximate surface area is 112 Å². The zero-order chi connectivity index (χ0) is 12.9. The fourth-order valence-electron chi connectivity index (χ4n) is 1.98. The molecule has 0 saturated heterocycles. The summed E-state index contributed by atoms with van der Waals surface area (Å²) in [5.41, 5.74) is 2.20. The first-order valence-electron chi connectivity index (χ1n) is 6.35. The second kappa shape index (κ2) is 5.44. The Balaban J connectivity index is 1.69. The summed E-state index contributed by atoms with van der Waals surface area (Å²) >= 11 is 0. The molecule has 0 spiro atoms. The van der Waals surface area contributed by atoms with E-state index in [0.717, 1.165) is 22.8 Å². The van der Waals surface area contributed by atoms with E-state index < -0.39 is 0 Å². The van der Waals surface area contributed by atoms with Crippen LogP contribution < -0.4 is 5.32 Å². The molecule has 0 amide bonds. The molecule has 0 bridgehead atoms. The smallest absolute Gasteiger partial charge is 0.134 e. The third-order valence-electron chi connectivity index (χ3n) is 2.96. The molecule has 3 aromatic rings. The van der Waals surface area contributed by atoms with Crippen LogP contribution >= 0.6 is 0 Å². The van der Waals surface area contributed by atoms with E-state index in [2.05, 4.69) is 5.32 Å². The largest absolute Gasteiger partial charge is 0.459 e. The summed E-state index contributed by atoms with van der Waals surface area (Å²) in [7, 11) is 0. The number of hydrogen-bond donors (Lipinski definition) is 1. The van der Waals surface area contributed by atoms with E-state index in [0.29, 0.717) is 6.54 Å². The minimum Gasteiger partial charge on any atom is -0.459 e. The van der Waals surface area contributed by atoms with Gasteiger partial charge in [0.2, 0.25) is 0 Å². The van der Waals surface area contributed by atoms with Crippen molar-refractivity contribution in [1.82, 2.24) is 0 Å². The lowest BCUT2D eigenvalue weighted by atomic mass is 10.2. The van der Waals surface area contributed by atoms with Crippen molar-refractivity contribution in [2.24, 2.45) is 0 Å². The van der Waals surface area contributed by atoms with Crippen molar-refractivity contribution in [2.45, 2.75) is 6.54 Å². The SMILES string of the molecule is c1ccc(NCc2ccc(-c3ccccc3)o2)cc1. The van der Waals surface area contributed by atoms with Crippen LogP contribution in [0.3, 0.4) is 0 Å². The zero-order valence-corrected chi connectivity index (χ0v) is 10.5. The first-order chi connectivity index (χ1) is 9.42. The molecule has 2 heteroatoms. The van der Waals surface area contributed by atoms with E-state index in [1.807, 2.05) is 72.8 Å². The molecule has 0 aliphatic rings. The lowest BCUT2D eigenvalue weighted by molar-refractivity contribution is 0.531. The molecular weight excluding hydrogens is 234 g/mol. The van der Waals surface area contributed by atoms with Crippen LogP contribution in [0.4, 0.5) is 5.69 Å². The molecule has 0 saturated carbocycles. The van der Waals surface area contributed by atoms with Gasteiger partial charge in [-0.3, -0.25) is 0 Å². The minimum atomic E-state index is 0.691. The maximum Gasteiger partial charge on any atom is 0.134 e.